The number of nitrogens with zero attached hydrogens (tertiary/aromatic N) is 1. The molecule has 0 radical (unpaired) electrons. The van der Waals surface area contributed by atoms with Crippen LogP contribution in [0.15, 0.2) is 18.2 Å². The van der Waals surface area contributed by atoms with Gasteiger partial charge in [-0.15, -0.1) is 11.6 Å². The van der Waals surface area contributed by atoms with E-state index in [4.69, 9.17) is 16.3 Å². The molecule has 3 nitrogen and oxygen atoms in total. The molecule has 19 heavy (non-hydrogen) atoms. The zero-order chi connectivity index (χ0) is 14.0. The lowest BCUT2D eigenvalue weighted by Gasteiger charge is -2.36. The maximum absolute atomic E-state index is 12.5. The first-order valence-electron chi connectivity index (χ1n) is 6.58. The van der Waals surface area contributed by atoms with Gasteiger partial charge in [0.15, 0.2) is 0 Å². The molecule has 4 heteroatoms. The summed E-state index contributed by atoms with van der Waals surface area (Å²) >= 11 is 5.85. The van der Waals surface area contributed by atoms with Crippen molar-refractivity contribution in [2.75, 3.05) is 19.0 Å². The van der Waals surface area contributed by atoms with Gasteiger partial charge >= 0.3 is 0 Å². The fourth-order valence-electron chi connectivity index (χ4n) is 2.58. The Bertz CT molecular complexity index is 455. The summed E-state index contributed by atoms with van der Waals surface area (Å²) in [5.41, 5.74) is 2.97. The van der Waals surface area contributed by atoms with Crippen LogP contribution in [-0.4, -0.2) is 42.0 Å². The van der Waals surface area contributed by atoms with Gasteiger partial charge in [0, 0.05) is 18.7 Å². The summed E-state index contributed by atoms with van der Waals surface area (Å²) in [6, 6.07) is 5.94. The second-order valence-corrected chi connectivity index (χ2v) is 5.62. The Hall–Kier alpha value is -1.06. The number of halogens is 1. The molecular formula is C15H20ClNO2. The summed E-state index contributed by atoms with van der Waals surface area (Å²) in [6.07, 6.45) is -0.0346. The summed E-state index contributed by atoms with van der Waals surface area (Å²) < 4.78 is 5.67. The van der Waals surface area contributed by atoms with Crippen LogP contribution < -0.4 is 0 Å². The fourth-order valence-corrected chi connectivity index (χ4v) is 2.75. The number of amides is 1. The normalized spacial score (nSPS) is 23.5. The molecule has 1 aliphatic rings. The Morgan fingerprint density at radius 2 is 1.95 bits per heavy atom. The highest BCUT2D eigenvalue weighted by atomic mass is 35.5. The first-order chi connectivity index (χ1) is 8.99. The van der Waals surface area contributed by atoms with Crippen LogP contribution in [0.3, 0.4) is 0 Å². The molecule has 2 atom stereocenters. The number of alkyl halides is 1. The Morgan fingerprint density at radius 1 is 1.32 bits per heavy atom. The molecule has 0 aliphatic carbocycles. The van der Waals surface area contributed by atoms with Gasteiger partial charge in [0.25, 0.3) is 5.91 Å². The van der Waals surface area contributed by atoms with Crippen molar-refractivity contribution >= 4 is 17.5 Å². The molecule has 1 aromatic rings. The third kappa shape index (κ3) is 3.48. The fraction of sp³-hybridized carbons (Fsp3) is 0.533. The van der Waals surface area contributed by atoms with Gasteiger partial charge in [-0.3, -0.25) is 4.79 Å². The molecule has 1 aromatic carbocycles. The number of carbonyl (C=O) groups is 1. The summed E-state index contributed by atoms with van der Waals surface area (Å²) in [4.78, 5) is 14.4. The number of hydrogen-bond acceptors (Lipinski definition) is 2. The van der Waals surface area contributed by atoms with E-state index in [0.717, 1.165) is 16.7 Å². The summed E-state index contributed by atoms with van der Waals surface area (Å²) in [6.45, 7) is 7.18. The number of aryl methyl sites for hydroxylation is 2. The molecule has 2 unspecified atom stereocenters. The van der Waals surface area contributed by atoms with Crippen molar-refractivity contribution in [3.05, 3.63) is 34.9 Å². The van der Waals surface area contributed by atoms with E-state index in [-0.39, 0.29) is 18.1 Å². The highest BCUT2D eigenvalue weighted by Crippen LogP contribution is 2.17. The zero-order valence-corrected chi connectivity index (χ0v) is 12.4. The molecule has 0 aromatic heterocycles. The van der Waals surface area contributed by atoms with Crippen LogP contribution in [0, 0.1) is 13.8 Å². The van der Waals surface area contributed by atoms with Gasteiger partial charge in [0.2, 0.25) is 0 Å². The third-order valence-corrected chi connectivity index (χ3v) is 3.60. The van der Waals surface area contributed by atoms with Crippen molar-refractivity contribution in [3.63, 3.8) is 0 Å². The second kappa shape index (κ2) is 5.93. The largest absolute Gasteiger partial charge is 0.370 e. The smallest absolute Gasteiger partial charge is 0.254 e. The molecule has 1 amide bonds. The number of hydrogen-bond donors (Lipinski definition) is 0. The van der Waals surface area contributed by atoms with Crippen molar-refractivity contribution in [1.29, 1.82) is 0 Å². The monoisotopic (exact) mass is 281 g/mol. The topological polar surface area (TPSA) is 29.5 Å². The Labute approximate surface area is 119 Å². The maximum Gasteiger partial charge on any atom is 0.254 e. The number of rotatable bonds is 2. The van der Waals surface area contributed by atoms with Gasteiger partial charge in [0.1, 0.15) is 0 Å². The summed E-state index contributed by atoms with van der Waals surface area (Å²) in [7, 11) is 0. The average Bonchev–Trinajstić information content (AvgIpc) is 2.35. The van der Waals surface area contributed by atoms with Crippen LogP contribution >= 0.6 is 11.6 Å². The van der Waals surface area contributed by atoms with E-state index in [1.165, 1.54) is 0 Å². The zero-order valence-electron chi connectivity index (χ0n) is 11.6. The van der Waals surface area contributed by atoms with E-state index < -0.39 is 0 Å². The van der Waals surface area contributed by atoms with Gasteiger partial charge in [-0.1, -0.05) is 17.2 Å². The standard InChI is InChI=1S/C15H20ClNO2/c1-10-4-11(2)6-13(5-10)15(18)17-8-12(3)19-14(7-16)9-17/h4-6,12,14H,7-9H2,1-3H3. The molecule has 1 heterocycles. The van der Waals surface area contributed by atoms with Gasteiger partial charge in [-0.2, -0.15) is 0 Å². The van der Waals surface area contributed by atoms with Crippen molar-refractivity contribution < 1.29 is 9.53 Å². The number of ether oxygens (including phenoxy) is 1. The molecule has 0 saturated carbocycles. The number of morpholine rings is 1. The van der Waals surface area contributed by atoms with E-state index in [1.807, 2.05) is 37.8 Å². The first kappa shape index (κ1) is 14.4. The van der Waals surface area contributed by atoms with Gasteiger partial charge in [0.05, 0.1) is 18.1 Å². The van der Waals surface area contributed by atoms with Crippen molar-refractivity contribution in [2.45, 2.75) is 33.0 Å². The van der Waals surface area contributed by atoms with Gasteiger partial charge in [-0.05, 0) is 32.9 Å². The minimum Gasteiger partial charge on any atom is -0.370 e. The Morgan fingerprint density at radius 3 is 2.53 bits per heavy atom. The minimum absolute atomic E-state index is 0.0346. The SMILES string of the molecule is Cc1cc(C)cc(C(=O)N2CC(C)OC(CCl)C2)c1. The van der Waals surface area contributed by atoms with Crippen LogP contribution in [-0.2, 0) is 4.74 Å². The van der Waals surface area contributed by atoms with Gasteiger partial charge in [-0.25, -0.2) is 0 Å². The van der Waals surface area contributed by atoms with Crippen LogP contribution in [0.25, 0.3) is 0 Å². The molecule has 1 fully saturated rings. The molecule has 0 bridgehead atoms. The molecule has 1 aliphatic heterocycles. The molecule has 2 rings (SSSR count). The van der Waals surface area contributed by atoms with Crippen LogP contribution in [0.4, 0.5) is 0 Å². The van der Waals surface area contributed by atoms with Crippen LogP contribution in [0.5, 0.6) is 0 Å². The predicted molar refractivity (Wildman–Crippen MR) is 76.9 cm³/mol. The highest BCUT2D eigenvalue weighted by molar-refractivity contribution is 6.18. The van der Waals surface area contributed by atoms with Crippen LogP contribution in [0.2, 0.25) is 0 Å². The van der Waals surface area contributed by atoms with Crippen molar-refractivity contribution in [3.8, 4) is 0 Å². The van der Waals surface area contributed by atoms with E-state index in [2.05, 4.69) is 6.07 Å². The van der Waals surface area contributed by atoms with E-state index in [1.54, 1.807) is 0 Å². The predicted octanol–water partition coefficient (Wildman–Crippen LogP) is 2.77. The lowest BCUT2D eigenvalue weighted by Crippen LogP contribution is -2.49. The molecule has 104 valence electrons. The molecular weight excluding hydrogens is 262 g/mol. The van der Waals surface area contributed by atoms with E-state index in [0.29, 0.717) is 19.0 Å². The average molecular weight is 282 g/mol. The second-order valence-electron chi connectivity index (χ2n) is 5.31. The van der Waals surface area contributed by atoms with Gasteiger partial charge < -0.3 is 9.64 Å². The number of carbonyl (C=O) groups excluding carboxylic acids is 1. The minimum atomic E-state index is -0.0692. The Balaban J connectivity index is 2.18. The highest BCUT2D eigenvalue weighted by Gasteiger charge is 2.28. The molecule has 0 N–H and O–H groups in total. The summed E-state index contributed by atoms with van der Waals surface area (Å²) in [5.74, 6) is 0.484. The van der Waals surface area contributed by atoms with E-state index in [9.17, 15) is 4.79 Å². The lowest BCUT2D eigenvalue weighted by molar-refractivity contribution is -0.0570. The number of benzene rings is 1. The maximum atomic E-state index is 12.5. The van der Waals surface area contributed by atoms with Crippen molar-refractivity contribution in [1.82, 2.24) is 4.90 Å². The van der Waals surface area contributed by atoms with Crippen molar-refractivity contribution in [2.24, 2.45) is 0 Å². The first-order valence-corrected chi connectivity index (χ1v) is 7.12. The van der Waals surface area contributed by atoms with Crippen LogP contribution in [0.1, 0.15) is 28.4 Å². The summed E-state index contributed by atoms with van der Waals surface area (Å²) in [5, 5.41) is 0. The van der Waals surface area contributed by atoms with E-state index >= 15 is 0 Å². The third-order valence-electron chi connectivity index (χ3n) is 3.25. The lowest BCUT2D eigenvalue weighted by atomic mass is 10.1. The molecule has 1 saturated heterocycles. The Kier molecular flexibility index (Phi) is 4.48. The quantitative estimate of drug-likeness (QED) is 0.780. The molecule has 0 spiro atoms.